The number of rotatable bonds is 4. The summed E-state index contributed by atoms with van der Waals surface area (Å²) in [7, 11) is 0. The lowest BCUT2D eigenvalue weighted by Crippen LogP contribution is -2.44. The number of carbonyl (C=O) groups excluding carboxylic acids is 1. The molecule has 1 amide bonds. The lowest BCUT2D eigenvalue weighted by molar-refractivity contribution is 0.0930. The van der Waals surface area contributed by atoms with Gasteiger partial charge in [-0.05, 0) is 32.9 Å². The van der Waals surface area contributed by atoms with E-state index in [2.05, 4.69) is 27.3 Å². The zero-order chi connectivity index (χ0) is 12.1. The van der Waals surface area contributed by atoms with Gasteiger partial charge in [-0.15, -0.1) is 0 Å². The molecular formula is C12H20N4O. The molecule has 0 bridgehead atoms. The van der Waals surface area contributed by atoms with Crippen molar-refractivity contribution in [3.05, 3.63) is 18.0 Å². The van der Waals surface area contributed by atoms with Gasteiger partial charge in [-0.2, -0.15) is 5.10 Å². The van der Waals surface area contributed by atoms with Gasteiger partial charge in [-0.25, -0.2) is 0 Å². The lowest BCUT2D eigenvalue weighted by Gasteiger charge is -2.32. The van der Waals surface area contributed by atoms with Gasteiger partial charge in [0.15, 0.2) is 0 Å². The third kappa shape index (κ3) is 3.30. The molecule has 2 N–H and O–H groups in total. The number of hydrogen-bond donors (Lipinski definition) is 2. The van der Waals surface area contributed by atoms with Crippen LogP contribution in [0.3, 0.4) is 0 Å². The van der Waals surface area contributed by atoms with E-state index < -0.39 is 0 Å². The summed E-state index contributed by atoms with van der Waals surface area (Å²) in [6.45, 7) is 5.18. The Morgan fingerprint density at radius 2 is 2.29 bits per heavy atom. The van der Waals surface area contributed by atoms with E-state index in [-0.39, 0.29) is 5.91 Å². The Kier molecular flexibility index (Phi) is 4.14. The standard InChI is InChI=1S/C12H20N4O/c1-10(16-5-3-2-4-6-16)7-13-12(17)11-8-14-15-9-11/h8-10H,2-7H2,1H3,(H,13,17)(H,14,15). The first-order valence-corrected chi connectivity index (χ1v) is 6.28. The molecule has 0 radical (unpaired) electrons. The van der Waals surface area contributed by atoms with Crippen LogP contribution in [0.25, 0.3) is 0 Å². The van der Waals surface area contributed by atoms with Crippen LogP contribution >= 0.6 is 0 Å². The first kappa shape index (κ1) is 12.1. The summed E-state index contributed by atoms with van der Waals surface area (Å²) in [5.74, 6) is -0.0531. The van der Waals surface area contributed by atoms with Gasteiger partial charge in [0.2, 0.25) is 0 Å². The zero-order valence-electron chi connectivity index (χ0n) is 10.3. The fourth-order valence-electron chi connectivity index (χ4n) is 2.21. The van der Waals surface area contributed by atoms with E-state index in [1.807, 2.05) is 0 Å². The zero-order valence-corrected chi connectivity index (χ0v) is 10.3. The van der Waals surface area contributed by atoms with E-state index in [1.54, 1.807) is 12.4 Å². The van der Waals surface area contributed by atoms with E-state index in [9.17, 15) is 4.79 Å². The predicted molar refractivity (Wildman–Crippen MR) is 65.8 cm³/mol. The van der Waals surface area contributed by atoms with Gasteiger partial charge < -0.3 is 5.32 Å². The van der Waals surface area contributed by atoms with Crippen LogP contribution in [0.5, 0.6) is 0 Å². The van der Waals surface area contributed by atoms with Crippen molar-refractivity contribution in [1.82, 2.24) is 20.4 Å². The van der Waals surface area contributed by atoms with Gasteiger partial charge >= 0.3 is 0 Å². The monoisotopic (exact) mass is 236 g/mol. The third-order valence-electron chi connectivity index (χ3n) is 3.33. The molecule has 5 nitrogen and oxygen atoms in total. The number of hydrogen-bond acceptors (Lipinski definition) is 3. The molecule has 5 heteroatoms. The van der Waals surface area contributed by atoms with Crippen LogP contribution in [0.2, 0.25) is 0 Å². The molecule has 2 rings (SSSR count). The molecule has 0 aromatic carbocycles. The first-order chi connectivity index (χ1) is 8.27. The van der Waals surface area contributed by atoms with Gasteiger partial charge in [-0.3, -0.25) is 14.8 Å². The Bertz CT molecular complexity index is 343. The molecule has 94 valence electrons. The van der Waals surface area contributed by atoms with Gasteiger partial charge in [0.25, 0.3) is 5.91 Å². The lowest BCUT2D eigenvalue weighted by atomic mass is 10.1. The Hall–Kier alpha value is -1.36. The van der Waals surface area contributed by atoms with Crippen molar-refractivity contribution in [2.75, 3.05) is 19.6 Å². The summed E-state index contributed by atoms with van der Waals surface area (Å²) in [6, 6.07) is 0.408. The fraction of sp³-hybridized carbons (Fsp3) is 0.667. The Balaban J connectivity index is 1.75. The summed E-state index contributed by atoms with van der Waals surface area (Å²) in [4.78, 5) is 14.1. The van der Waals surface area contributed by atoms with Gasteiger partial charge in [-0.1, -0.05) is 6.42 Å². The molecule has 0 saturated carbocycles. The molecule has 1 atom stereocenters. The normalized spacial score (nSPS) is 18.9. The summed E-state index contributed by atoms with van der Waals surface area (Å²) in [5.41, 5.74) is 0.593. The smallest absolute Gasteiger partial charge is 0.254 e. The molecule has 1 aliphatic heterocycles. The highest BCUT2D eigenvalue weighted by Crippen LogP contribution is 2.11. The van der Waals surface area contributed by atoms with Crippen LogP contribution in [0.15, 0.2) is 12.4 Å². The Morgan fingerprint density at radius 3 is 2.94 bits per heavy atom. The number of aromatic amines is 1. The van der Waals surface area contributed by atoms with Crippen molar-refractivity contribution in [2.24, 2.45) is 0 Å². The molecule has 0 spiro atoms. The second kappa shape index (κ2) is 5.82. The second-order valence-corrected chi connectivity index (χ2v) is 4.64. The van der Waals surface area contributed by atoms with Gasteiger partial charge in [0, 0.05) is 18.8 Å². The SMILES string of the molecule is CC(CNC(=O)c1cn[nH]c1)N1CCCCC1. The van der Waals surface area contributed by atoms with Gasteiger partial charge in [0.1, 0.15) is 0 Å². The highest BCUT2D eigenvalue weighted by Gasteiger charge is 2.17. The molecule has 1 aromatic heterocycles. The largest absolute Gasteiger partial charge is 0.350 e. The second-order valence-electron chi connectivity index (χ2n) is 4.64. The average molecular weight is 236 g/mol. The maximum absolute atomic E-state index is 11.7. The number of nitrogens with one attached hydrogen (secondary N) is 2. The van der Waals surface area contributed by atoms with Crippen molar-refractivity contribution >= 4 is 5.91 Å². The van der Waals surface area contributed by atoms with Crippen LogP contribution in [-0.2, 0) is 0 Å². The van der Waals surface area contributed by atoms with Crippen LogP contribution in [-0.4, -0.2) is 46.7 Å². The van der Waals surface area contributed by atoms with Crippen molar-refractivity contribution < 1.29 is 4.79 Å². The highest BCUT2D eigenvalue weighted by molar-refractivity contribution is 5.93. The van der Waals surface area contributed by atoms with Crippen molar-refractivity contribution in [3.63, 3.8) is 0 Å². The molecule has 1 unspecified atom stereocenters. The summed E-state index contributed by atoms with van der Waals surface area (Å²) < 4.78 is 0. The van der Waals surface area contributed by atoms with Crippen LogP contribution < -0.4 is 5.32 Å². The molecule has 1 fully saturated rings. The number of likely N-dealkylation sites (tertiary alicyclic amines) is 1. The molecule has 2 heterocycles. The van der Waals surface area contributed by atoms with E-state index in [0.29, 0.717) is 18.2 Å². The average Bonchev–Trinajstić information content (AvgIpc) is 2.90. The van der Waals surface area contributed by atoms with Crippen LogP contribution in [0.1, 0.15) is 36.5 Å². The molecule has 1 aromatic rings. The van der Waals surface area contributed by atoms with E-state index in [4.69, 9.17) is 0 Å². The maximum Gasteiger partial charge on any atom is 0.254 e. The van der Waals surface area contributed by atoms with E-state index >= 15 is 0 Å². The van der Waals surface area contributed by atoms with E-state index in [0.717, 1.165) is 13.1 Å². The number of piperidine rings is 1. The van der Waals surface area contributed by atoms with Crippen molar-refractivity contribution in [2.45, 2.75) is 32.2 Å². The third-order valence-corrected chi connectivity index (χ3v) is 3.33. The fourth-order valence-corrected chi connectivity index (χ4v) is 2.21. The minimum Gasteiger partial charge on any atom is -0.350 e. The van der Waals surface area contributed by atoms with Gasteiger partial charge in [0.05, 0.1) is 11.8 Å². The molecule has 1 saturated heterocycles. The number of amides is 1. The quantitative estimate of drug-likeness (QED) is 0.820. The van der Waals surface area contributed by atoms with Crippen LogP contribution in [0, 0.1) is 0 Å². The van der Waals surface area contributed by atoms with Crippen molar-refractivity contribution in [3.8, 4) is 0 Å². The molecule has 17 heavy (non-hydrogen) atoms. The maximum atomic E-state index is 11.7. The first-order valence-electron chi connectivity index (χ1n) is 6.28. The summed E-state index contributed by atoms with van der Waals surface area (Å²) in [6.07, 6.45) is 7.05. The number of nitrogens with zero attached hydrogens (tertiary/aromatic N) is 2. The van der Waals surface area contributed by atoms with Crippen LogP contribution in [0.4, 0.5) is 0 Å². The topological polar surface area (TPSA) is 61.0 Å². The summed E-state index contributed by atoms with van der Waals surface area (Å²) >= 11 is 0. The predicted octanol–water partition coefficient (Wildman–Crippen LogP) is 1.01. The molecule has 0 aliphatic carbocycles. The molecule has 1 aliphatic rings. The minimum atomic E-state index is -0.0531. The number of H-pyrrole nitrogens is 1. The molecular weight excluding hydrogens is 216 g/mol. The number of aromatic nitrogens is 2. The minimum absolute atomic E-state index is 0.0531. The Morgan fingerprint density at radius 1 is 1.53 bits per heavy atom. The van der Waals surface area contributed by atoms with Crippen molar-refractivity contribution in [1.29, 1.82) is 0 Å². The highest BCUT2D eigenvalue weighted by atomic mass is 16.1. The number of carbonyl (C=O) groups is 1. The summed E-state index contributed by atoms with van der Waals surface area (Å²) in [5, 5.41) is 9.35. The van der Waals surface area contributed by atoms with E-state index in [1.165, 1.54) is 19.3 Å². The Labute approximate surface area is 102 Å².